The summed E-state index contributed by atoms with van der Waals surface area (Å²) in [5.74, 6) is 0. The van der Waals surface area contributed by atoms with Crippen LogP contribution >= 0.6 is 11.6 Å². The summed E-state index contributed by atoms with van der Waals surface area (Å²) >= 11 is 6.14. The Hall–Kier alpha value is -1.31. The molecule has 0 aliphatic carbocycles. The second kappa shape index (κ2) is 6.23. The first-order valence-corrected chi connectivity index (χ1v) is 6.99. The highest BCUT2D eigenvalue weighted by molar-refractivity contribution is 6.31. The maximum absolute atomic E-state index is 6.14. The van der Waals surface area contributed by atoms with E-state index in [9.17, 15) is 0 Å². The van der Waals surface area contributed by atoms with E-state index in [1.54, 1.807) is 0 Å². The molecule has 0 radical (unpaired) electrons. The molecule has 0 aliphatic rings. The fourth-order valence-electron chi connectivity index (χ4n) is 1.99. The van der Waals surface area contributed by atoms with E-state index in [4.69, 9.17) is 11.6 Å². The number of rotatable bonds is 4. The quantitative estimate of drug-likeness (QED) is 0.843. The molecular formula is C17H20ClN. The highest BCUT2D eigenvalue weighted by atomic mass is 35.5. The number of hydrogen-bond donors (Lipinski definition) is 1. The van der Waals surface area contributed by atoms with Gasteiger partial charge in [-0.15, -0.1) is 0 Å². The van der Waals surface area contributed by atoms with Gasteiger partial charge in [-0.05, 0) is 43.5 Å². The first-order valence-electron chi connectivity index (χ1n) is 6.61. The summed E-state index contributed by atoms with van der Waals surface area (Å²) in [6.07, 6.45) is 0. The van der Waals surface area contributed by atoms with Crippen LogP contribution < -0.4 is 5.32 Å². The third-order valence-electron chi connectivity index (χ3n) is 3.43. The monoisotopic (exact) mass is 273 g/mol. The molecule has 0 heterocycles. The molecule has 0 aromatic heterocycles. The van der Waals surface area contributed by atoms with Gasteiger partial charge < -0.3 is 5.32 Å². The van der Waals surface area contributed by atoms with Crippen LogP contribution in [0.3, 0.4) is 0 Å². The van der Waals surface area contributed by atoms with Crippen LogP contribution in [0.15, 0.2) is 42.5 Å². The van der Waals surface area contributed by atoms with E-state index in [0.29, 0.717) is 6.04 Å². The van der Waals surface area contributed by atoms with Crippen LogP contribution in [0.1, 0.15) is 35.2 Å². The van der Waals surface area contributed by atoms with Crippen molar-refractivity contribution in [3.8, 4) is 0 Å². The average molecular weight is 274 g/mol. The van der Waals surface area contributed by atoms with E-state index in [1.165, 1.54) is 16.7 Å². The molecule has 0 fully saturated rings. The molecular weight excluding hydrogens is 254 g/mol. The largest absolute Gasteiger partial charge is 0.306 e. The fourth-order valence-corrected chi connectivity index (χ4v) is 2.19. The lowest BCUT2D eigenvalue weighted by Crippen LogP contribution is -2.18. The van der Waals surface area contributed by atoms with Gasteiger partial charge in [0.15, 0.2) is 0 Å². The SMILES string of the molecule is Cc1ccc([C@@H](C)NCc2ccc(C)c(Cl)c2)cc1. The summed E-state index contributed by atoms with van der Waals surface area (Å²) in [6.45, 7) is 7.14. The van der Waals surface area contributed by atoms with Crippen molar-refractivity contribution < 1.29 is 0 Å². The molecule has 2 aromatic carbocycles. The van der Waals surface area contributed by atoms with Crippen LogP contribution in [-0.4, -0.2) is 0 Å². The van der Waals surface area contributed by atoms with Crippen molar-refractivity contribution in [2.75, 3.05) is 0 Å². The van der Waals surface area contributed by atoms with Gasteiger partial charge in [0.1, 0.15) is 0 Å². The minimum absolute atomic E-state index is 0.334. The standard InChI is InChI=1S/C17H20ClN/c1-12-4-8-16(9-5-12)14(3)19-11-15-7-6-13(2)17(18)10-15/h4-10,14,19H,11H2,1-3H3/t14-/m1/s1. The first kappa shape index (κ1) is 14.1. The molecule has 0 spiro atoms. The van der Waals surface area contributed by atoms with E-state index >= 15 is 0 Å². The van der Waals surface area contributed by atoms with Gasteiger partial charge in [0.2, 0.25) is 0 Å². The lowest BCUT2D eigenvalue weighted by atomic mass is 10.1. The van der Waals surface area contributed by atoms with Gasteiger partial charge in [-0.25, -0.2) is 0 Å². The van der Waals surface area contributed by atoms with Gasteiger partial charge in [0, 0.05) is 17.6 Å². The third kappa shape index (κ3) is 3.82. The zero-order valence-corrected chi connectivity index (χ0v) is 12.5. The van der Waals surface area contributed by atoms with Crippen molar-refractivity contribution in [1.29, 1.82) is 0 Å². The highest BCUT2D eigenvalue weighted by Crippen LogP contribution is 2.18. The molecule has 2 heteroatoms. The van der Waals surface area contributed by atoms with Crippen LogP contribution in [0.5, 0.6) is 0 Å². The zero-order chi connectivity index (χ0) is 13.8. The molecule has 0 amide bonds. The Morgan fingerprint density at radius 1 is 1.05 bits per heavy atom. The van der Waals surface area contributed by atoms with Gasteiger partial charge in [-0.2, -0.15) is 0 Å². The Bertz CT molecular complexity index is 546. The third-order valence-corrected chi connectivity index (χ3v) is 3.83. The molecule has 2 aromatic rings. The average Bonchev–Trinajstić information content (AvgIpc) is 2.40. The van der Waals surface area contributed by atoms with Crippen molar-refractivity contribution in [2.45, 2.75) is 33.4 Å². The maximum Gasteiger partial charge on any atom is 0.0438 e. The summed E-state index contributed by atoms with van der Waals surface area (Å²) < 4.78 is 0. The van der Waals surface area contributed by atoms with Gasteiger partial charge in [-0.1, -0.05) is 53.6 Å². The Kier molecular flexibility index (Phi) is 4.62. The predicted octanol–water partition coefficient (Wildman–Crippen LogP) is 4.81. The van der Waals surface area contributed by atoms with Crippen molar-refractivity contribution >= 4 is 11.6 Å². The van der Waals surface area contributed by atoms with Gasteiger partial charge >= 0.3 is 0 Å². The van der Waals surface area contributed by atoms with E-state index in [0.717, 1.165) is 17.1 Å². The second-order valence-corrected chi connectivity index (χ2v) is 5.50. The van der Waals surface area contributed by atoms with Crippen LogP contribution in [0, 0.1) is 13.8 Å². The van der Waals surface area contributed by atoms with Gasteiger partial charge in [0.25, 0.3) is 0 Å². The van der Waals surface area contributed by atoms with E-state index in [2.05, 4.69) is 55.6 Å². The summed E-state index contributed by atoms with van der Waals surface area (Å²) in [5, 5.41) is 4.36. The van der Waals surface area contributed by atoms with Crippen LogP contribution in [0.2, 0.25) is 5.02 Å². The maximum atomic E-state index is 6.14. The Morgan fingerprint density at radius 3 is 2.37 bits per heavy atom. The lowest BCUT2D eigenvalue weighted by Gasteiger charge is -2.15. The van der Waals surface area contributed by atoms with Crippen molar-refractivity contribution in [3.05, 3.63) is 69.7 Å². The number of benzene rings is 2. The molecule has 0 aliphatic heterocycles. The van der Waals surface area contributed by atoms with Crippen molar-refractivity contribution in [3.63, 3.8) is 0 Å². The highest BCUT2D eigenvalue weighted by Gasteiger charge is 2.05. The zero-order valence-electron chi connectivity index (χ0n) is 11.7. The Morgan fingerprint density at radius 2 is 1.74 bits per heavy atom. The number of hydrogen-bond acceptors (Lipinski definition) is 1. The van der Waals surface area contributed by atoms with E-state index < -0.39 is 0 Å². The van der Waals surface area contributed by atoms with Crippen LogP contribution in [0.4, 0.5) is 0 Å². The van der Waals surface area contributed by atoms with E-state index in [1.807, 2.05) is 13.0 Å². The molecule has 0 unspecified atom stereocenters. The van der Waals surface area contributed by atoms with Crippen LogP contribution in [-0.2, 0) is 6.54 Å². The second-order valence-electron chi connectivity index (χ2n) is 5.10. The Labute approximate surface area is 120 Å². The molecule has 0 bridgehead atoms. The molecule has 100 valence electrons. The minimum Gasteiger partial charge on any atom is -0.306 e. The van der Waals surface area contributed by atoms with Crippen LogP contribution in [0.25, 0.3) is 0 Å². The number of nitrogens with one attached hydrogen (secondary N) is 1. The van der Waals surface area contributed by atoms with Crippen molar-refractivity contribution in [2.24, 2.45) is 0 Å². The first-order chi connectivity index (χ1) is 9.06. The molecule has 19 heavy (non-hydrogen) atoms. The molecule has 0 saturated heterocycles. The molecule has 0 saturated carbocycles. The summed E-state index contributed by atoms with van der Waals surface area (Å²) in [5.41, 5.74) is 4.94. The molecule has 2 rings (SSSR count). The fraction of sp³-hybridized carbons (Fsp3) is 0.294. The van der Waals surface area contributed by atoms with Crippen molar-refractivity contribution in [1.82, 2.24) is 5.32 Å². The normalized spacial score (nSPS) is 12.4. The minimum atomic E-state index is 0.334. The summed E-state index contributed by atoms with van der Waals surface area (Å²) in [4.78, 5) is 0. The summed E-state index contributed by atoms with van der Waals surface area (Å²) in [6, 6.07) is 15.2. The topological polar surface area (TPSA) is 12.0 Å². The lowest BCUT2D eigenvalue weighted by molar-refractivity contribution is 0.574. The molecule has 1 N–H and O–H groups in total. The number of aryl methyl sites for hydroxylation is 2. The Balaban J connectivity index is 1.98. The van der Waals surface area contributed by atoms with E-state index in [-0.39, 0.29) is 0 Å². The number of halogens is 1. The summed E-state index contributed by atoms with van der Waals surface area (Å²) in [7, 11) is 0. The smallest absolute Gasteiger partial charge is 0.0438 e. The predicted molar refractivity (Wildman–Crippen MR) is 82.6 cm³/mol. The molecule has 1 nitrogen and oxygen atoms in total. The molecule has 1 atom stereocenters. The van der Waals surface area contributed by atoms with Gasteiger partial charge in [-0.3, -0.25) is 0 Å². The van der Waals surface area contributed by atoms with Gasteiger partial charge in [0.05, 0.1) is 0 Å².